The number of rotatable bonds is 8. The Morgan fingerprint density at radius 2 is 1.57 bits per heavy atom. The third-order valence-electron chi connectivity index (χ3n) is 7.23. The summed E-state index contributed by atoms with van der Waals surface area (Å²) in [5.41, 5.74) is -2.85. The molecule has 7 atom stereocenters. The predicted octanol–water partition coefficient (Wildman–Crippen LogP) is 4.57. The van der Waals surface area contributed by atoms with E-state index in [0.717, 1.165) is 16.9 Å². The number of thioether (sulfide) groups is 1. The van der Waals surface area contributed by atoms with E-state index in [1.165, 1.54) is 30.3 Å². The Balaban J connectivity index is 1.52. The molecule has 3 aromatic carbocycles. The molecule has 0 spiro atoms. The third kappa shape index (κ3) is 6.34. The van der Waals surface area contributed by atoms with Crippen LogP contribution in [0, 0.1) is 17.5 Å². The van der Waals surface area contributed by atoms with Crippen LogP contribution in [0.2, 0.25) is 0 Å². The second-order valence-corrected chi connectivity index (χ2v) is 11.3. The highest BCUT2D eigenvalue weighted by molar-refractivity contribution is 8.00. The van der Waals surface area contributed by atoms with Crippen molar-refractivity contribution < 1.29 is 51.5 Å². The van der Waals surface area contributed by atoms with Crippen LogP contribution in [0.3, 0.4) is 0 Å². The second-order valence-electron chi connectivity index (χ2n) is 10.0. The van der Waals surface area contributed by atoms with Gasteiger partial charge in [-0.25, -0.2) is 17.9 Å². The fraction of sp³-hybridized carbons (Fsp3) is 0.310. The Kier molecular flexibility index (Phi) is 9.34. The summed E-state index contributed by atoms with van der Waals surface area (Å²) in [5.74, 6) is -4.67. The Hall–Kier alpha value is -3.47. The van der Waals surface area contributed by atoms with Crippen LogP contribution in [-0.4, -0.2) is 65.8 Å². The number of nitrogens with zero attached hydrogens (tertiary/aromatic N) is 3. The molecule has 5 rings (SSSR count). The van der Waals surface area contributed by atoms with Crippen molar-refractivity contribution in [3.8, 4) is 11.3 Å². The number of aliphatic hydroxyl groups is 4. The molecule has 4 N–H and O–H groups in total. The molecule has 1 saturated heterocycles. The summed E-state index contributed by atoms with van der Waals surface area (Å²) in [6.07, 6.45) is -9.94. The van der Waals surface area contributed by atoms with Gasteiger partial charge in [0, 0.05) is 5.56 Å². The zero-order valence-electron chi connectivity index (χ0n) is 22.4. The molecule has 8 nitrogen and oxygen atoms in total. The maximum Gasteiger partial charge on any atom is 0.416 e. The van der Waals surface area contributed by atoms with E-state index in [1.807, 2.05) is 0 Å². The number of aromatic nitrogens is 3. The first-order chi connectivity index (χ1) is 20.9. The molecule has 0 amide bonds. The van der Waals surface area contributed by atoms with Crippen molar-refractivity contribution in [3.05, 3.63) is 107 Å². The number of hydrogen-bond acceptors (Lipinski definition) is 8. The molecule has 44 heavy (non-hydrogen) atoms. The number of halogens is 6. The summed E-state index contributed by atoms with van der Waals surface area (Å²) >= 11 is 0.642. The Morgan fingerprint density at radius 3 is 2.20 bits per heavy atom. The van der Waals surface area contributed by atoms with E-state index >= 15 is 0 Å². The predicted molar refractivity (Wildman–Crippen MR) is 145 cm³/mol. The maximum atomic E-state index is 14.1. The van der Waals surface area contributed by atoms with Gasteiger partial charge < -0.3 is 25.2 Å². The van der Waals surface area contributed by atoms with Gasteiger partial charge in [-0.3, -0.25) is 0 Å². The molecule has 1 aliphatic rings. The minimum atomic E-state index is -4.79. The molecule has 0 saturated carbocycles. The largest absolute Gasteiger partial charge is 0.416 e. The van der Waals surface area contributed by atoms with Crippen LogP contribution in [0.1, 0.15) is 34.1 Å². The molecule has 4 aromatic rings. The minimum absolute atomic E-state index is 0.157. The Bertz CT molecular complexity index is 1570. The number of aliphatic hydroxyl groups excluding tert-OH is 4. The van der Waals surface area contributed by atoms with Gasteiger partial charge in [-0.15, -0.1) is 16.9 Å². The molecule has 1 fully saturated rings. The highest BCUT2D eigenvalue weighted by Gasteiger charge is 2.48. The van der Waals surface area contributed by atoms with Gasteiger partial charge in [0.1, 0.15) is 35.5 Å². The van der Waals surface area contributed by atoms with Crippen LogP contribution < -0.4 is 0 Å². The van der Waals surface area contributed by atoms with Gasteiger partial charge in [-0.1, -0.05) is 53.7 Å². The summed E-state index contributed by atoms with van der Waals surface area (Å²) in [7, 11) is 0. The molecule has 0 unspecified atom stereocenters. The summed E-state index contributed by atoms with van der Waals surface area (Å²) in [6, 6.07) is 12.4. The zero-order valence-corrected chi connectivity index (χ0v) is 23.2. The highest BCUT2D eigenvalue weighted by atomic mass is 32.2. The van der Waals surface area contributed by atoms with Crippen molar-refractivity contribution in [1.82, 2.24) is 15.0 Å². The fourth-order valence-electron chi connectivity index (χ4n) is 5.04. The van der Waals surface area contributed by atoms with Crippen LogP contribution >= 0.6 is 11.8 Å². The minimum Gasteiger partial charge on any atom is -0.394 e. The highest BCUT2D eigenvalue weighted by Crippen LogP contribution is 2.49. The Morgan fingerprint density at radius 1 is 0.932 bits per heavy atom. The molecule has 0 bridgehead atoms. The van der Waals surface area contributed by atoms with Crippen LogP contribution in [0.25, 0.3) is 11.3 Å². The number of benzene rings is 3. The van der Waals surface area contributed by atoms with E-state index in [9.17, 15) is 46.8 Å². The van der Waals surface area contributed by atoms with E-state index < -0.39 is 76.9 Å². The van der Waals surface area contributed by atoms with Gasteiger partial charge in [-0.2, -0.15) is 13.2 Å². The van der Waals surface area contributed by atoms with E-state index in [4.69, 9.17) is 4.74 Å². The quantitative estimate of drug-likeness (QED) is 0.163. The van der Waals surface area contributed by atoms with Crippen molar-refractivity contribution in [2.75, 3.05) is 6.61 Å². The van der Waals surface area contributed by atoms with Crippen molar-refractivity contribution in [3.63, 3.8) is 0 Å². The van der Waals surface area contributed by atoms with E-state index in [-0.39, 0.29) is 22.4 Å². The lowest BCUT2D eigenvalue weighted by atomic mass is 9.96. The average Bonchev–Trinajstić information content (AvgIpc) is 3.49. The zero-order chi connectivity index (χ0) is 31.8. The molecule has 1 aliphatic heterocycles. The normalized spacial score (nSPS) is 23.8. The van der Waals surface area contributed by atoms with Crippen LogP contribution in [-0.2, 0) is 10.9 Å². The summed E-state index contributed by atoms with van der Waals surface area (Å²) in [6.45, 7) is -0.775. The topological polar surface area (TPSA) is 121 Å². The number of alkyl halides is 3. The first kappa shape index (κ1) is 31.9. The van der Waals surface area contributed by atoms with Crippen molar-refractivity contribution in [2.24, 2.45) is 0 Å². The first-order valence-electron chi connectivity index (χ1n) is 13.1. The molecule has 0 aliphatic carbocycles. The summed E-state index contributed by atoms with van der Waals surface area (Å²) in [4.78, 5) is 0. The lowest BCUT2D eigenvalue weighted by Crippen LogP contribution is -2.55. The summed E-state index contributed by atoms with van der Waals surface area (Å²) in [5, 5.41) is 49.9. The van der Waals surface area contributed by atoms with Crippen molar-refractivity contribution in [2.45, 2.75) is 47.3 Å². The fourth-order valence-corrected chi connectivity index (χ4v) is 6.52. The van der Waals surface area contributed by atoms with Gasteiger partial charge in [0.25, 0.3) is 0 Å². The first-order valence-corrected chi connectivity index (χ1v) is 14.1. The molecule has 0 radical (unpaired) electrons. The maximum absolute atomic E-state index is 14.1. The molecule has 234 valence electrons. The van der Waals surface area contributed by atoms with Crippen molar-refractivity contribution >= 4 is 11.8 Å². The summed E-state index contributed by atoms with van der Waals surface area (Å²) < 4.78 is 90.0. The number of hydrogen-bond donors (Lipinski definition) is 4. The molecular weight excluding hydrogens is 616 g/mol. The van der Waals surface area contributed by atoms with Gasteiger partial charge in [0.05, 0.1) is 29.7 Å². The van der Waals surface area contributed by atoms with Crippen molar-refractivity contribution in [1.29, 1.82) is 0 Å². The lowest BCUT2D eigenvalue weighted by Gasteiger charge is -2.43. The van der Waals surface area contributed by atoms with Gasteiger partial charge in [0.15, 0.2) is 17.5 Å². The standard InChI is InChI=1S/C29H25F6N3O5S/c30-18-10-15(11-19(31)22(18)32)20-12-38(37-36-20)23-25(41)21(13-39)43-28(26(23)42)44-27(24(40)14-6-2-1-3-7-14)16-8-4-5-9-17(16)29(33,34)35/h1-12,21,23-28,39-42H,13H2/t21-,23+,24-,25+,26-,27-,28+/m1/s1. The van der Waals surface area contributed by atoms with Crippen LogP contribution in [0.4, 0.5) is 26.3 Å². The molecular formula is C29H25F6N3O5S. The molecule has 15 heteroatoms. The van der Waals surface area contributed by atoms with Gasteiger partial charge in [0.2, 0.25) is 0 Å². The van der Waals surface area contributed by atoms with E-state index in [1.54, 1.807) is 18.2 Å². The van der Waals surface area contributed by atoms with Crippen LogP contribution in [0.5, 0.6) is 0 Å². The van der Waals surface area contributed by atoms with Gasteiger partial charge in [-0.05, 0) is 29.3 Å². The number of ether oxygens (including phenoxy) is 1. The molecule has 1 aromatic heterocycles. The SMILES string of the molecule is OC[C@H]1O[C@@H](S[C@H](c2ccccc2C(F)(F)F)[C@H](O)c2ccccc2)[C@H](O)[C@@H](n2cc(-c3cc(F)c(F)c(F)c3)nn2)[C@H]1O. The average molecular weight is 642 g/mol. The van der Waals surface area contributed by atoms with E-state index in [2.05, 4.69) is 10.3 Å². The lowest BCUT2D eigenvalue weighted by molar-refractivity contribution is -0.178. The second kappa shape index (κ2) is 12.9. The van der Waals surface area contributed by atoms with E-state index in [0.29, 0.717) is 23.9 Å². The third-order valence-corrected chi connectivity index (χ3v) is 8.69. The van der Waals surface area contributed by atoms with Crippen LogP contribution in [0.15, 0.2) is 72.9 Å². The molecule has 2 heterocycles. The Labute approximate surface area is 250 Å². The van der Waals surface area contributed by atoms with Gasteiger partial charge >= 0.3 is 6.18 Å². The smallest absolute Gasteiger partial charge is 0.394 e. The monoisotopic (exact) mass is 641 g/mol.